The molecule has 0 unspecified atom stereocenters. The summed E-state index contributed by atoms with van der Waals surface area (Å²) in [6.07, 6.45) is -0.0433. The standard InChI is InChI=1S/C39H24F3N4O2.C18H11N3O6.CNS.Ru/c40-39(41,42)38(44)22-32(43)33-19-24(17-18-45-33)23-9-11-25(12-10-23)46(26-14-16-36-31(20-26)29-6-2-4-8-35(29)47-36)27-13-15-30-28-5-1-3-7-34(28)48-37(30)21-27;22-9-25-12-1-3-19-15(5-12)17-7-14(27-11-24)8-18(21-17)16-6-13(26-10-23)2-4-20-16;2-1-3;/h1-22,43-44H;1-11H;;/q-1;;-1;+2/b32-22-,44-38?;;;. The summed E-state index contributed by atoms with van der Waals surface area (Å²) in [5.74, 6) is 0.760. The van der Waals surface area contributed by atoms with Gasteiger partial charge in [-0.1, -0.05) is 60.7 Å². The van der Waals surface area contributed by atoms with E-state index in [-0.39, 0.29) is 48.9 Å². The molecule has 0 aliphatic heterocycles. The molecule has 0 aliphatic carbocycles. The van der Waals surface area contributed by atoms with E-state index in [1.807, 2.05) is 91.0 Å². The van der Waals surface area contributed by atoms with Crippen LogP contribution >= 0.6 is 12.2 Å². The summed E-state index contributed by atoms with van der Waals surface area (Å²) in [4.78, 5) is 50.8. The van der Waals surface area contributed by atoms with Crippen LogP contribution in [0.4, 0.5) is 30.2 Å². The predicted octanol–water partition coefficient (Wildman–Crippen LogP) is 14.5. The number of thiocarbonyl (C=S) groups is 1. The number of anilines is 3. The first-order valence-corrected chi connectivity index (χ1v) is 23.3. The number of alkyl halides is 3. The minimum absolute atomic E-state index is 0. The van der Waals surface area contributed by atoms with E-state index in [4.69, 9.17) is 39.6 Å². The van der Waals surface area contributed by atoms with Gasteiger partial charge < -0.3 is 39.1 Å². The zero-order chi connectivity index (χ0) is 54.8. The van der Waals surface area contributed by atoms with E-state index in [0.717, 1.165) is 66.5 Å². The van der Waals surface area contributed by atoms with Crippen LogP contribution in [0.5, 0.6) is 17.2 Å². The summed E-state index contributed by atoms with van der Waals surface area (Å²) in [6, 6.07) is 48.1. The van der Waals surface area contributed by atoms with Crippen molar-refractivity contribution in [2.24, 2.45) is 0 Å². The van der Waals surface area contributed by atoms with Crippen LogP contribution in [0.3, 0.4) is 0 Å². The van der Waals surface area contributed by atoms with Crippen molar-refractivity contribution in [1.82, 2.24) is 19.9 Å². The van der Waals surface area contributed by atoms with Crippen LogP contribution in [0.2, 0.25) is 0 Å². The first-order valence-electron chi connectivity index (χ1n) is 22.9. The molecule has 11 rings (SSSR count). The molecule has 21 heteroatoms. The van der Waals surface area contributed by atoms with E-state index in [9.17, 15) is 27.6 Å². The number of hydrogen-bond acceptors (Lipinski definition) is 15. The maximum atomic E-state index is 12.9. The van der Waals surface area contributed by atoms with Gasteiger partial charge >= 0.3 is 25.7 Å². The van der Waals surface area contributed by atoms with Gasteiger partial charge in [0.05, 0.1) is 22.8 Å². The summed E-state index contributed by atoms with van der Waals surface area (Å²) in [5.41, 5.74) is 14.7. The molecule has 0 fully saturated rings. The minimum atomic E-state index is -4.84. The molecule has 6 heterocycles. The van der Waals surface area contributed by atoms with Gasteiger partial charge in [0.1, 0.15) is 45.3 Å². The molecule has 0 saturated carbocycles. The second-order valence-electron chi connectivity index (χ2n) is 16.4. The second kappa shape index (κ2) is 24.7. The first kappa shape index (κ1) is 55.2. The zero-order valence-corrected chi connectivity index (χ0v) is 43.0. The Morgan fingerprint density at radius 1 is 0.570 bits per heavy atom. The van der Waals surface area contributed by atoms with Crippen LogP contribution in [0.1, 0.15) is 5.69 Å². The number of halogens is 3. The molecule has 0 amide bonds. The first-order chi connectivity index (χ1) is 37.9. The fourth-order valence-corrected chi connectivity index (χ4v) is 8.27. The number of allylic oxidation sites excluding steroid dienone is 1. The van der Waals surface area contributed by atoms with E-state index in [1.54, 1.807) is 12.1 Å². The Balaban J connectivity index is 0.000000225. The van der Waals surface area contributed by atoms with Crippen molar-refractivity contribution in [2.45, 2.75) is 6.18 Å². The van der Waals surface area contributed by atoms with Gasteiger partial charge in [0, 0.05) is 93.2 Å². The molecule has 79 heavy (non-hydrogen) atoms. The molecular formula is C58H35F3N8O8RuS. The number of pyridine rings is 4. The maximum absolute atomic E-state index is 12.9. The van der Waals surface area contributed by atoms with E-state index >= 15 is 0 Å². The predicted molar refractivity (Wildman–Crippen MR) is 292 cm³/mol. The molecule has 0 aliphatic rings. The number of para-hydroxylation sites is 2. The van der Waals surface area contributed by atoms with Gasteiger partial charge in [-0.05, 0) is 96.1 Å². The quantitative estimate of drug-likeness (QED) is 0.0462. The Kier molecular flexibility index (Phi) is 17.3. The Morgan fingerprint density at radius 2 is 1.05 bits per heavy atom. The number of ether oxygens (including phenoxy) is 3. The summed E-state index contributed by atoms with van der Waals surface area (Å²) in [6.45, 7) is 0.875. The van der Waals surface area contributed by atoms with Crippen molar-refractivity contribution in [1.29, 1.82) is 5.41 Å². The number of nitrogens with one attached hydrogen (secondary N) is 2. The number of aromatic nitrogens is 4. The average molecular weight is 1160 g/mol. The van der Waals surface area contributed by atoms with E-state index in [0.29, 0.717) is 47.4 Å². The number of carbonyl (C=O) groups excluding carboxylic acids is 3. The number of furan rings is 2. The summed E-state index contributed by atoms with van der Waals surface area (Å²) in [7, 11) is 0. The summed E-state index contributed by atoms with van der Waals surface area (Å²) in [5, 5.41) is 19.7. The van der Waals surface area contributed by atoms with Crippen LogP contribution in [0, 0.1) is 5.41 Å². The molecule has 6 aromatic heterocycles. The van der Waals surface area contributed by atoms with Crippen molar-refractivity contribution in [3.8, 4) is 51.2 Å². The molecule has 0 spiro atoms. The van der Waals surface area contributed by atoms with Crippen LogP contribution in [-0.2, 0) is 33.9 Å². The molecule has 11 aromatic rings. The SMILES string of the molecule is N=C(/C=C(\[NH-])c1cc(-c2ccc(N(c3ccc4c(c3)oc3ccccc34)c3ccc4oc5ccccc5c4c3)cc2)ccn1)C(F)(F)F.O=COc1ccnc(-c2cc(OC=O)cc(-c3cc(OC=O)ccn3)n2)c1.[N-]=C=S.[Ru+2]. The smallest absolute Gasteiger partial charge is 0.753 e. The molecule has 0 bridgehead atoms. The van der Waals surface area contributed by atoms with Crippen LogP contribution in [0.15, 0.2) is 191 Å². The van der Waals surface area contributed by atoms with E-state index in [2.05, 4.69) is 55.3 Å². The molecule has 16 nitrogen and oxygen atoms in total. The number of nitrogens with zero attached hydrogens (tertiary/aromatic N) is 6. The fourth-order valence-electron chi connectivity index (χ4n) is 8.27. The van der Waals surface area contributed by atoms with Crippen LogP contribution in [-0.4, -0.2) is 56.4 Å². The normalized spacial score (nSPS) is 11.0. The van der Waals surface area contributed by atoms with Gasteiger partial charge in [0.25, 0.3) is 19.4 Å². The van der Waals surface area contributed by atoms with Crippen molar-refractivity contribution in [2.75, 3.05) is 4.90 Å². The minimum Gasteiger partial charge on any atom is -0.753 e. The van der Waals surface area contributed by atoms with Crippen LogP contribution in [0.25, 0.3) is 94.6 Å². The van der Waals surface area contributed by atoms with Crippen molar-refractivity contribution < 1.29 is 70.1 Å². The average Bonchev–Trinajstić information content (AvgIpc) is 4.20. The van der Waals surface area contributed by atoms with Crippen molar-refractivity contribution in [3.05, 3.63) is 199 Å². The number of fused-ring (bicyclic) bond motifs is 6. The molecule has 5 aromatic carbocycles. The van der Waals surface area contributed by atoms with Gasteiger partial charge in [0.2, 0.25) is 0 Å². The number of hydrogen-bond donors (Lipinski definition) is 1. The van der Waals surface area contributed by atoms with Gasteiger partial charge in [-0.25, -0.2) is 4.98 Å². The third-order valence-corrected chi connectivity index (χ3v) is 11.7. The number of benzene rings is 5. The third kappa shape index (κ3) is 12.6. The molecule has 0 radical (unpaired) electrons. The summed E-state index contributed by atoms with van der Waals surface area (Å²) >= 11 is 3.70. The van der Waals surface area contributed by atoms with Gasteiger partial charge in [-0.3, -0.25) is 34.7 Å². The largest absolute Gasteiger partial charge is 2.00 e. The summed E-state index contributed by atoms with van der Waals surface area (Å²) < 4.78 is 65.5. The number of carbonyl (C=O) groups is 3. The van der Waals surface area contributed by atoms with E-state index in [1.165, 1.54) is 60.1 Å². The second-order valence-corrected chi connectivity index (χ2v) is 16.6. The Morgan fingerprint density at radius 3 is 1.65 bits per heavy atom. The third-order valence-electron chi connectivity index (χ3n) is 11.7. The van der Waals surface area contributed by atoms with Crippen molar-refractivity contribution >= 4 is 109 Å². The van der Waals surface area contributed by atoms with E-state index < -0.39 is 17.6 Å². The van der Waals surface area contributed by atoms with Crippen molar-refractivity contribution in [3.63, 3.8) is 0 Å². The molecule has 2 N–H and O–H groups in total. The van der Waals surface area contributed by atoms with Gasteiger partial charge in [0.15, 0.2) is 0 Å². The molecular weight excluding hydrogens is 1130 g/mol. The number of rotatable bonds is 14. The van der Waals surface area contributed by atoms with Crippen LogP contribution < -0.4 is 19.1 Å². The fraction of sp³-hybridized carbons (Fsp3) is 0.0172. The Bertz CT molecular complexity index is 4060. The zero-order valence-electron chi connectivity index (χ0n) is 40.4. The monoisotopic (exact) mass is 1160 g/mol. The maximum Gasteiger partial charge on any atom is 2.00 e. The topological polar surface area (TPSA) is 230 Å². The molecule has 390 valence electrons. The molecule has 0 saturated heterocycles. The number of isothiocyanates is 1. The molecule has 0 atom stereocenters. The van der Waals surface area contributed by atoms with Gasteiger partial charge in [-0.2, -0.15) is 18.3 Å². The Labute approximate surface area is 463 Å². The van der Waals surface area contributed by atoms with Gasteiger partial charge in [-0.15, -0.1) is 5.70 Å². The Hall–Kier alpha value is -10.1.